The van der Waals surface area contributed by atoms with Crippen LogP contribution in [0.3, 0.4) is 0 Å². The van der Waals surface area contributed by atoms with Crippen molar-refractivity contribution >= 4 is 27.1 Å². The molecule has 0 spiro atoms. The molecule has 1 fully saturated rings. The van der Waals surface area contributed by atoms with E-state index in [9.17, 15) is 13.2 Å². The maximum Gasteiger partial charge on any atom is 0.292 e. The van der Waals surface area contributed by atoms with E-state index in [-0.39, 0.29) is 9.92 Å². The average molecular weight is 398 g/mol. The highest BCUT2D eigenvalue weighted by atomic mass is 35.5. The van der Waals surface area contributed by atoms with Gasteiger partial charge >= 0.3 is 0 Å². The van der Waals surface area contributed by atoms with Gasteiger partial charge in [0.15, 0.2) is 9.84 Å². The van der Waals surface area contributed by atoms with Crippen LogP contribution in [0.15, 0.2) is 40.2 Å². The summed E-state index contributed by atoms with van der Waals surface area (Å²) in [5.74, 6) is 0.380. The maximum atomic E-state index is 12.5. The number of nitrogens with one attached hydrogen (secondary N) is 1. The Kier molecular flexibility index (Phi) is 5.64. The predicted octanol–water partition coefficient (Wildman–Crippen LogP) is 2.13. The Morgan fingerprint density at radius 1 is 1.35 bits per heavy atom. The molecular formula is C17H20ClN3O4S. The van der Waals surface area contributed by atoms with Gasteiger partial charge in [0.05, 0.1) is 29.1 Å². The molecule has 1 atom stereocenters. The van der Waals surface area contributed by atoms with Gasteiger partial charge in [-0.1, -0.05) is 11.6 Å². The van der Waals surface area contributed by atoms with Crippen LogP contribution in [0.1, 0.15) is 12.8 Å². The molecule has 2 heterocycles. The standard InChI is InChI=1S/C17H20ClN3O4S/c1-26(23,24)14-6-4-13(5-7-14)21-17(22)16(18)15(10-20-21)19-9-12-3-2-8-25-11-12/h4-7,10,12,19H,2-3,8-9,11H2,1H3/t12-/m0/s1. The van der Waals surface area contributed by atoms with E-state index in [0.29, 0.717) is 30.4 Å². The molecule has 26 heavy (non-hydrogen) atoms. The number of anilines is 1. The fourth-order valence-electron chi connectivity index (χ4n) is 2.80. The second-order valence-electron chi connectivity index (χ2n) is 6.32. The van der Waals surface area contributed by atoms with E-state index in [2.05, 4.69) is 10.4 Å². The molecule has 1 aromatic heterocycles. The molecule has 0 aliphatic carbocycles. The summed E-state index contributed by atoms with van der Waals surface area (Å²) in [6, 6.07) is 5.91. The molecule has 9 heteroatoms. The van der Waals surface area contributed by atoms with Gasteiger partial charge in [0, 0.05) is 19.4 Å². The van der Waals surface area contributed by atoms with Crippen molar-refractivity contribution in [3.63, 3.8) is 0 Å². The number of benzene rings is 1. The molecule has 0 unspecified atom stereocenters. The van der Waals surface area contributed by atoms with E-state index >= 15 is 0 Å². The van der Waals surface area contributed by atoms with Crippen LogP contribution in [0.5, 0.6) is 0 Å². The van der Waals surface area contributed by atoms with Crippen molar-refractivity contribution < 1.29 is 13.2 Å². The van der Waals surface area contributed by atoms with Crippen LogP contribution in [0, 0.1) is 5.92 Å². The number of rotatable bonds is 5. The van der Waals surface area contributed by atoms with Crippen molar-refractivity contribution in [1.29, 1.82) is 0 Å². The Morgan fingerprint density at radius 2 is 2.08 bits per heavy atom. The SMILES string of the molecule is CS(=O)(=O)c1ccc(-n2ncc(NC[C@@H]3CCCOC3)c(Cl)c2=O)cc1. The molecule has 2 aromatic rings. The third-order valence-electron chi connectivity index (χ3n) is 4.26. The lowest BCUT2D eigenvalue weighted by Crippen LogP contribution is -2.26. The van der Waals surface area contributed by atoms with Crippen LogP contribution in [-0.4, -0.2) is 44.2 Å². The number of hydrogen-bond acceptors (Lipinski definition) is 6. The van der Waals surface area contributed by atoms with Crippen molar-refractivity contribution in [3.05, 3.63) is 45.8 Å². The van der Waals surface area contributed by atoms with Crippen LogP contribution < -0.4 is 10.9 Å². The van der Waals surface area contributed by atoms with Crippen molar-refractivity contribution in [2.24, 2.45) is 5.92 Å². The molecule has 1 aromatic carbocycles. The highest BCUT2D eigenvalue weighted by Crippen LogP contribution is 2.20. The first-order chi connectivity index (χ1) is 12.4. The van der Waals surface area contributed by atoms with Crippen LogP contribution in [0.4, 0.5) is 5.69 Å². The van der Waals surface area contributed by atoms with Crippen LogP contribution in [0.2, 0.25) is 5.02 Å². The summed E-state index contributed by atoms with van der Waals surface area (Å²) in [7, 11) is -3.30. The van der Waals surface area contributed by atoms with Crippen LogP contribution >= 0.6 is 11.6 Å². The number of ether oxygens (including phenoxy) is 1. The van der Waals surface area contributed by atoms with Gasteiger partial charge in [-0.15, -0.1) is 0 Å². The van der Waals surface area contributed by atoms with Gasteiger partial charge in [0.25, 0.3) is 5.56 Å². The second kappa shape index (κ2) is 7.77. The number of halogens is 1. The molecule has 0 bridgehead atoms. The zero-order chi connectivity index (χ0) is 18.7. The quantitative estimate of drug-likeness (QED) is 0.831. The fraction of sp³-hybridized carbons (Fsp3) is 0.412. The van der Waals surface area contributed by atoms with Crippen molar-refractivity contribution in [2.75, 3.05) is 31.3 Å². The summed E-state index contributed by atoms with van der Waals surface area (Å²) in [4.78, 5) is 12.7. The van der Waals surface area contributed by atoms with Gasteiger partial charge in [-0.3, -0.25) is 4.79 Å². The Bertz CT molecular complexity index is 935. The van der Waals surface area contributed by atoms with Gasteiger partial charge < -0.3 is 10.1 Å². The molecule has 3 rings (SSSR count). The minimum absolute atomic E-state index is 0.0453. The minimum Gasteiger partial charge on any atom is -0.382 e. The topological polar surface area (TPSA) is 90.3 Å². The number of sulfone groups is 1. The molecule has 7 nitrogen and oxygen atoms in total. The first-order valence-corrected chi connectivity index (χ1v) is 10.5. The first kappa shape index (κ1) is 18.9. The monoisotopic (exact) mass is 397 g/mol. The molecule has 140 valence electrons. The molecule has 1 N–H and O–H groups in total. The smallest absolute Gasteiger partial charge is 0.292 e. The van der Waals surface area contributed by atoms with Crippen molar-refractivity contribution in [1.82, 2.24) is 9.78 Å². The number of aromatic nitrogens is 2. The van der Waals surface area contributed by atoms with E-state index in [0.717, 1.165) is 30.4 Å². The highest BCUT2D eigenvalue weighted by molar-refractivity contribution is 7.90. The normalized spacial score (nSPS) is 17.8. The average Bonchev–Trinajstić information content (AvgIpc) is 2.63. The molecule has 1 saturated heterocycles. The fourth-order valence-corrected chi connectivity index (χ4v) is 3.62. The number of hydrogen-bond donors (Lipinski definition) is 1. The van der Waals surface area contributed by atoms with Crippen molar-refractivity contribution in [2.45, 2.75) is 17.7 Å². The maximum absolute atomic E-state index is 12.5. The zero-order valence-electron chi connectivity index (χ0n) is 14.3. The van der Waals surface area contributed by atoms with Crippen molar-refractivity contribution in [3.8, 4) is 5.69 Å². The summed E-state index contributed by atoms with van der Waals surface area (Å²) >= 11 is 6.21. The third-order valence-corrected chi connectivity index (χ3v) is 5.76. The van der Waals surface area contributed by atoms with Crippen LogP contribution in [-0.2, 0) is 14.6 Å². The zero-order valence-corrected chi connectivity index (χ0v) is 15.9. The minimum atomic E-state index is -3.30. The van der Waals surface area contributed by atoms with Gasteiger partial charge in [-0.2, -0.15) is 9.78 Å². The third kappa shape index (κ3) is 4.25. The molecule has 1 aliphatic heterocycles. The summed E-state index contributed by atoms with van der Waals surface area (Å²) < 4.78 is 29.6. The molecule has 1 aliphatic rings. The highest BCUT2D eigenvalue weighted by Gasteiger charge is 2.16. The second-order valence-corrected chi connectivity index (χ2v) is 8.71. The molecule has 0 amide bonds. The molecular weight excluding hydrogens is 378 g/mol. The lowest BCUT2D eigenvalue weighted by atomic mass is 10.0. The van der Waals surface area contributed by atoms with E-state index < -0.39 is 15.4 Å². The summed E-state index contributed by atoms with van der Waals surface area (Å²) in [5.41, 5.74) is 0.450. The van der Waals surface area contributed by atoms with Gasteiger partial charge in [0.1, 0.15) is 5.02 Å². The Morgan fingerprint density at radius 3 is 2.69 bits per heavy atom. The first-order valence-electron chi connectivity index (χ1n) is 8.26. The van der Waals surface area contributed by atoms with Gasteiger partial charge in [-0.05, 0) is 43.0 Å². The van der Waals surface area contributed by atoms with Crippen LogP contribution in [0.25, 0.3) is 5.69 Å². The van der Waals surface area contributed by atoms with E-state index in [1.165, 1.54) is 30.5 Å². The lowest BCUT2D eigenvalue weighted by Gasteiger charge is -2.22. The Labute approximate surface area is 156 Å². The largest absolute Gasteiger partial charge is 0.382 e. The Hall–Kier alpha value is -1.90. The predicted molar refractivity (Wildman–Crippen MR) is 100.0 cm³/mol. The summed E-state index contributed by atoms with van der Waals surface area (Å²) in [6.07, 6.45) is 4.73. The van der Waals surface area contributed by atoms with E-state index in [1.807, 2.05) is 0 Å². The Balaban J connectivity index is 1.79. The van der Waals surface area contributed by atoms with E-state index in [1.54, 1.807) is 0 Å². The van der Waals surface area contributed by atoms with Gasteiger partial charge in [-0.25, -0.2) is 8.42 Å². The lowest BCUT2D eigenvalue weighted by molar-refractivity contribution is 0.0595. The molecule has 0 radical (unpaired) electrons. The van der Waals surface area contributed by atoms with E-state index in [4.69, 9.17) is 16.3 Å². The number of nitrogens with zero attached hydrogens (tertiary/aromatic N) is 2. The molecule has 0 saturated carbocycles. The van der Waals surface area contributed by atoms with Gasteiger partial charge in [0.2, 0.25) is 0 Å². The summed E-state index contributed by atoms with van der Waals surface area (Å²) in [5, 5.41) is 7.35. The summed E-state index contributed by atoms with van der Waals surface area (Å²) in [6.45, 7) is 2.16.